The van der Waals surface area contributed by atoms with Crippen LogP contribution in [0.4, 0.5) is 0 Å². The van der Waals surface area contributed by atoms with Crippen LogP contribution in [0.15, 0.2) is 60.7 Å². The molecule has 0 fully saturated rings. The minimum Gasteiger partial charge on any atom is -0.330 e. The van der Waals surface area contributed by atoms with Gasteiger partial charge in [-0.2, -0.15) is 24.4 Å². The lowest BCUT2D eigenvalue weighted by Crippen LogP contribution is -2.54. The van der Waals surface area contributed by atoms with Gasteiger partial charge >= 0.3 is 0 Å². The number of carbonyl (C=O) groups is 2. The summed E-state index contributed by atoms with van der Waals surface area (Å²) >= 11 is 6.00. The van der Waals surface area contributed by atoms with Crippen molar-refractivity contribution >= 4 is 36.1 Å². The normalized spacial score (nSPS) is 13.3. The van der Waals surface area contributed by atoms with Gasteiger partial charge in [-0.15, -0.1) is 0 Å². The van der Waals surface area contributed by atoms with Crippen LogP contribution in [0.2, 0.25) is 0 Å². The van der Waals surface area contributed by atoms with Crippen molar-refractivity contribution in [3.05, 3.63) is 71.8 Å². The zero-order valence-electron chi connectivity index (χ0n) is 21.1. The van der Waals surface area contributed by atoms with E-state index in [1.807, 2.05) is 62.4 Å². The largest absolute Gasteiger partial charge is 0.330 e. The molecule has 192 valence electrons. The molecule has 0 heterocycles. The fourth-order valence-electron chi connectivity index (χ4n) is 4.00. The second-order valence-corrected chi connectivity index (χ2v) is 11.0. The van der Waals surface area contributed by atoms with E-state index in [0.717, 1.165) is 30.6 Å². The third kappa shape index (κ3) is 9.64. The Balaban J connectivity index is 2.27. The molecule has 0 bridgehead atoms. The summed E-state index contributed by atoms with van der Waals surface area (Å²) in [5, 5.41) is 0. The number of ketones is 1. The molecule has 0 saturated carbocycles. The number of thioether (sulfide) groups is 1. The Morgan fingerprint density at radius 1 is 0.971 bits per heavy atom. The van der Waals surface area contributed by atoms with Crippen molar-refractivity contribution in [2.75, 3.05) is 18.1 Å². The summed E-state index contributed by atoms with van der Waals surface area (Å²) in [6, 6.07) is 18.8. The van der Waals surface area contributed by atoms with Crippen LogP contribution >= 0.6 is 24.4 Å². The first-order valence-corrected chi connectivity index (χ1v) is 14.2. The lowest BCUT2D eigenvalue weighted by Gasteiger charge is -2.38. The van der Waals surface area contributed by atoms with Crippen molar-refractivity contribution in [1.29, 1.82) is 0 Å². The highest BCUT2D eigenvalue weighted by Crippen LogP contribution is 2.30. The van der Waals surface area contributed by atoms with Crippen LogP contribution in [-0.2, 0) is 21.9 Å². The van der Waals surface area contributed by atoms with Gasteiger partial charge in [0, 0.05) is 23.8 Å². The number of nitrogens with two attached hydrogens (primary N) is 2. The van der Waals surface area contributed by atoms with Crippen LogP contribution in [-0.4, -0.2) is 46.7 Å². The number of benzene rings is 2. The second kappa shape index (κ2) is 15.3. The predicted molar refractivity (Wildman–Crippen MR) is 152 cm³/mol. The predicted octanol–water partition coefficient (Wildman–Crippen LogP) is 4.69. The summed E-state index contributed by atoms with van der Waals surface area (Å²) in [5.41, 5.74) is 13.4. The Hall–Kier alpha value is -1.80. The molecule has 4 N–H and O–H groups in total. The number of thiol groups is 1. The molecule has 0 aliphatic heterocycles. The average Bonchev–Trinajstić information content (AvgIpc) is 2.87. The summed E-state index contributed by atoms with van der Waals surface area (Å²) in [4.78, 5) is 29.2. The number of Topliss-reactive ketones (excluding diaryl/α,β-unsaturated/α-hetero) is 1. The zero-order chi connectivity index (χ0) is 25.7. The number of hydrogen-bond acceptors (Lipinski definition) is 6. The number of carbonyl (C=O) groups excluding carboxylic acids is 2. The van der Waals surface area contributed by atoms with E-state index in [0.29, 0.717) is 25.3 Å². The third-order valence-corrected chi connectivity index (χ3v) is 7.92. The monoisotopic (exact) mass is 515 g/mol. The Bertz CT molecular complexity index is 894. The van der Waals surface area contributed by atoms with E-state index < -0.39 is 17.5 Å². The van der Waals surface area contributed by atoms with Crippen LogP contribution in [0.25, 0.3) is 0 Å². The molecule has 5 nitrogen and oxygen atoms in total. The van der Waals surface area contributed by atoms with Gasteiger partial charge in [0.05, 0.1) is 17.5 Å². The summed E-state index contributed by atoms with van der Waals surface area (Å²) in [6.07, 6.45) is 3.20. The van der Waals surface area contributed by atoms with Crippen molar-refractivity contribution in [2.45, 2.75) is 63.9 Å². The van der Waals surface area contributed by atoms with Crippen LogP contribution in [0.3, 0.4) is 0 Å². The van der Waals surface area contributed by atoms with Crippen molar-refractivity contribution in [3.63, 3.8) is 0 Å². The molecule has 0 unspecified atom stereocenters. The van der Waals surface area contributed by atoms with E-state index in [2.05, 4.69) is 24.8 Å². The highest BCUT2D eigenvalue weighted by Gasteiger charge is 2.39. The van der Waals surface area contributed by atoms with Gasteiger partial charge in [-0.25, -0.2) is 0 Å². The Morgan fingerprint density at radius 2 is 1.57 bits per heavy atom. The molecule has 2 aromatic rings. The summed E-state index contributed by atoms with van der Waals surface area (Å²) in [7, 11) is 0. The van der Waals surface area contributed by atoms with Crippen LogP contribution in [0, 0.1) is 5.41 Å². The first kappa shape index (κ1) is 29.4. The highest BCUT2D eigenvalue weighted by atomic mass is 32.2. The van der Waals surface area contributed by atoms with Crippen molar-refractivity contribution in [3.8, 4) is 0 Å². The molecule has 1 amide bonds. The molecule has 35 heavy (non-hydrogen) atoms. The molecular formula is C28H41N3O2S2. The summed E-state index contributed by atoms with van der Waals surface area (Å²) in [6.45, 7) is 4.94. The van der Waals surface area contributed by atoms with E-state index in [9.17, 15) is 9.59 Å². The minimum absolute atomic E-state index is 0.0227. The van der Waals surface area contributed by atoms with Gasteiger partial charge < -0.3 is 16.4 Å². The number of hydrogen-bond donors (Lipinski definition) is 3. The van der Waals surface area contributed by atoms with Gasteiger partial charge in [-0.3, -0.25) is 9.59 Å². The van der Waals surface area contributed by atoms with Crippen LogP contribution in [0.1, 0.15) is 50.7 Å². The van der Waals surface area contributed by atoms with Gasteiger partial charge in [0.25, 0.3) is 0 Å². The van der Waals surface area contributed by atoms with Crippen molar-refractivity contribution in [2.24, 2.45) is 16.9 Å². The average molecular weight is 516 g/mol. The quantitative estimate of drug-likeness (QED) is 0.223. The number of rotatable bonds is 16. The maximum Gasteiger partial charge on any atom is 0.229 e. The van der Waals surface area contributed by atoms with Crippen LogP contribution in [0.5, 0.6) is 0 Å². The second-order valence-electron chi connectivity index (χ2n) is 9.63. The molecule has 0 aromatic heterocycles. The lowest BCUT2D eigenvalue weighted by atomic mass is 9.90. The minimum atomic E-state index is -0.709. The summed E-state index contributed by atoms with van der Waals surface area (Å²) < 4.78 is 0. The fourth-order valence-corrected chi connectivity index (χ4v) is 5.34. The molecule has 2 rings (SSSR count). The van der Waals surface area contributed by atoms with Crippen molar-refractivity contribution < 1.29 is 9.59 Å². The van der Waals surface area contributed by atoms with E-state index in [1.165, 1.54) is 5.56 Å². The van der Waals surface area contributed by atoms with Gasteiger partial charge in [0.15, 0.2) is 5.78 Å². The number of nitrogens with zero attached hydrogens (tertiary/aromatic N) is 1. The SMILES string of the molecule is CC(C)(CSCc1ccccc1)C(=O)N(Cc1ccccc1)[C@@H](CCCCCN)C(=O)[C@@H](N)CS. The van der Waals surface area contributed by atoms with E-state index in [4.69, 9.17) is 11.5 Å². The number of amides is 1. The van der Waals surface area contributed by atoms with E-state index >= 15 is 0 Å². The molecule has 0 spiro atoms. The van der Waals surface area contributed by atoms with Gasteiger partial charge in [-0.05, 0) is 30.5 Å². The Kier molecular flexibility index (Phi) is 12.9. The molecule has 0 aliphatic carbocycles. The van der Waals surface area contributed by atoms with Crippen LogP contribution < -0.4 is 11.5 Å². The number of unbranched alkanes of at least 4 members (excludes halogenated alkanes) is 2. The Morgan fingerprint density at radius 3 is 2.14 bits per heavy atom. The first-order chi connectivity index (χ1) is 16.8. The molecule has 0 aliphatic rings. The molecule has 7 heteroatoms. The maximum atomic E-state index is 14.0. The van der Waals surface area contributed by atoms with Crippen molar-refractivity contribution in [1.82, 2.24) is 4.90 Å². The third-order valence-electron chi connectivity index (χ3n) is 6.06. The standard InChI is InChI=1S/C28H41N3O2S2/c1-28(2,21-35-20-23-14-8-4-9-15-23)27(33)31(18-22-12-6-3-7-13-22)25(16-10-5-11-17-29)26(32)24(30)19-34/h3-4,6-9,12-15,24-25,34H,5,10-11,16-21,29-30H2,1-2H3/t24-,25-/m0/s1. The smallest absolute Gasteiger partial charge is 0.229 e. The zero-order valence-corrected chi connectivity index (χ0v) is 22.8. The van der Waals surface area contributed by atoms with E-state index in [-0.39, 0.29) is 17.4 Å². The van der Waals surface area contributed by atoms with Gasteiger partial charge in [-0.1, -0.05) is 87.4 Å². The fraction of sp³-hybridized carbons (Fsp3) is 0.500. The topological polar surface area (TPSA) is 89.4 Å². The lowest BCUT2D eigenvalue weighted by molar-refractivity contribution is -0.147. The Labute approximate surface area is 220 Å². The first-order valence-electron chi connectivity index (χ1n) is 12.4. The molecule has 0 saturated heterocycles. The van der Waals surface area contributed by atoms with Gasteiger partial charge in [0.1, 0.15) is 0 Å². The maximum absolute atomic E-state index is 14.0. The highest BCUT2D eigenvalue weighted by molar-refractivity contribution is 7.98. The van der Waals surface area contributed by atoms with E-state index in [1.54, 1.807) is 16.7 Å². The molecule has 0 radical (unpaired) electrons. The molecule has 2 aromatic carbocycles. The summed E-state index contributed by atoms with van der Waals surface area (Å²) in [5.74, 6) is 1.60. The molecular weight excluding hydrogens is 474 g/mol. The molecule has 2 atom stereocenters. The van der Waals surface area contributed by atoms with Gasteiger partial charge in [0.2, 0.25) is 5.91 Å².